The predicted octanol–water partition coefficient (Wildman–Crippen LogP) is 0.783. The van der Waals surface area contributed by atoms with Crippen molar-refractivity contribution in [2.24, 2.45) is 0 Å². The van der Waals surface area contributed by atoms with Gasteiger partial charge in [-0.15, -0.1) is 0 Å². The second-order valence-electron chi connectivity index (χ2n) is 7.27. The topological polar surface area (TPSA) is 170 Å². The van der Waals surface area contributed by atoms with Crippen LogP contribution in [0.1, 0.15) is 6.92 Å². The van der Waals surface area contributed by atoms with E-state index in [2.05, 4.69) is 0 Å². The van der Waals surface area contributed by atoms with Gasteiger partial charge in [0.2, 0.25) is 11.2 Å². The number of aromatic hydroxyl groups is 3. The van der Waals surface area contributed by atoms with Crippen LogP contribution in [0.2, 0.25) is 0 Å². The fraction of sp³-hybridized carbons (Fsp3) is 0.286. The molecule has 0 bridgehead atoms. The quantitative estimate of drug-likeness (QED) is 0.348. The van der Waals surface area contributed by atoms with E-state index >= 15 is 0 Å². The molecule has 164 valence electrons. The van der Waals surface area contributed by atoms with Crippen LogP contribution in [0.25, 0.3) is 22.3 Å². The van der Waals surface area contributed by atoms with Crippen molar-refractivity contribution in [3.8, 4) is 34.3 Å². The molecule has 4 rings (SSSR count). The molecule has 2 aromatic carbocycles. The van der Waals surface area contributed by atoms with Crippen LogP contribution < -0.4 is 10.2 Å². The van der Waals surface area contributed by atoms with E-state index in [1.54, 1.807) is 0 Å². The molecule has 5 atom stereocenters. The minimum Gasteiger partial charge on any atom is -0.508 e. The third-order valence-electron chi connectivity index (χ3n) is 5.13. The highest BCUT2D eigenvalue weighted by Gasteiger charge is 2.43. The molecular weight excluding hydrogens is 412 g/mol. The third-order valence-corrected chi connectivity index (χ3v) is 5.13. The molecule has 0 saturated carbocycles. The number of aliphatic hydroxyl groups excluding tert-OH is 3. The molecule has 1 aliphatic heterocycles. The second-order valence-corrected chi connectivity index (χ2v) is 7.27. The molecule has 0 spiro atoms. The molecule has 0 amide bonds. The van der Waals surface area contributed by atoms with Gasteiger partial charge in [0.25, 0.3) is 0 Å². The first-order chi connectivity index (χ1) is 14.7. The number of ether oxygens (including phenoxy) is 2. The third kappa shape index (κ3) is 3.66. The van der Waals surface area contributed by atoms with E-state index in [-0.39, 0.29) is 28.2 Å². The minimum absolute atomic E-state index is 0.0250. The first-order valence-corrected chi connectivity index (χ1v) is 9.36. The molecule has 1 aromatic heterocycles. The lowest BCUT2D eigenvalue weighted by atomic mass is 10.00. The molecule has 6 N–H and O–H groups in total. The molecule has 3 aromatic rings. The van der Waals surface area contributed by atoms with E-state index in [1.807, 2.05) is 0 Å². The summed E-state index contributed by atoms with van der Waals surface area (Å²) in [6.45, 7) is 1.47. The second kappa shape index (κ2) is 7.75. The Bertz CT molecular complexity index is 1170. The largest absolute Gasteiger partial charge is 0.508 e. The van der Waals surface area contributed by atoms with Crippen LogP contribution in [0.15, 0.2) is 45.6 Å². The fourth-order valence-corrected chi connectivity index (χ4v) is 3.44. The highest BCUT2D eigenvalue weighted by atomic mass is 16.7. The highest BCUT2D eigenvalue weighted by Crippen LogP contribution is 2.36. The molecule has 1 fully saturated rings. The zero-order valence-electron chi connectivity index (χ0n) is 16.2. The van der Waals surface area contributed by atoms with Gasteiger partial charge in [-0.1, -0.05) is 0 Å². The normalized spacial score (nSPS) is 26.1. The summed E-state index contributed by atoms with van der Waals surface area (Å²) in [7, 11) is 0. The Hall–Kier alpha value is -3.31. The van der Waals surface area contributed by atoms with E-state index in [4.69, 9.17) is 13.9 Å². The van der Waals surface area contributed by atoms with Crippen molar-refractivity contribution >= 4 is 11.0 Å². The van der Waals surface area contributed by atoms with Gasteiger partial charge in [0.05, 0.1) is 6.10 Å². The van der Waals surface area contributed by atoms with Gasteiger partial charge in [-0.3, -0.25) is 4.79 Å². The van der Waals surface area contributed by atoms with E-state index in [0.29, 0.717) is 5.56 Å². The number of rotatable bonds is 3. The van der Waals surface area contributed by atoms with Gasteiger partial charge in [-0.05, 0) is 31.2 Å². The smallest absolute Gasteiger partial charge is 0.238 e. The van der Waals surface area contributed by atoms with Crippen LogP contribution in [-0.4, -0.2) is 61.3 Å². The molecule has 0 aliphatic carbocycles. The molecule has 10 heteroatoms. The lowest BCUT2D eigenvalue weighted by Gasteiger charge is -2.39. The van der Waals surface area contributed by atoms with Gasteiger partial charge in [0, 0.05) is 17.7 Å². The van der Waals surface area contributed by atoms with Crippen molar-refractivity contribution in [2.45, 2.75) is 37.6 Å². The Morgan fingerprint density at radius 2 is 1.65 bits per heavy atom. The fourth-order valence-electron chi connectivity index (χ4n) is 3.44. The first kappa shape index (κ1) is 20.9. The Morgan fingerprint density at radius 1 is 0.968 bits per heavy atom. The molecule has 1 saturated heterocycles. The molecule has 2 heterocycles. The van der Waals surface area contributed by atoms with Crippen molar-refractivity contribution in [1.82, 2.24) is 0 Å². The average molecular weight is 432 g/mol. The summed E-state index contributed by atoms with van der Waals surface area (Å²) < 4.78 is 16.3. The summed E-state index contributed by atoms with van der Waals surface area (Å²) >= 11 is 0. The Balaban J connectivity index is 1.78. The van der Waals surface area contributed by atoms with E-state index in [9.17, 15) is 35.4 Å². The summed E-state index contributed by atoms with van der Waals surface area (Å²) in [4.78, 5) is 12.6. The molecule has 5 unspecified atom stereocenters. The minimum atomic E-state index is -1.56. The monoisotopic (exact) mass is 432 g/mol. The van der Waals surface area contributed by atoms with Crippen molar-refractivity contribution in [3.63, 3.8) is 0 Å². The first-order valence-electron chi connectivity index (χ1n) is 9.36. The van der Waals surface area contributed by atoms with Gasteiger partial charge in [-0.2, -0.15) is 0 Å². The standard InChI is InChI=1S/C21H20O10/c1-8-15(24)17(26)20(21(28)29-8)30-11-6-12(23)14-13(7-11)31-19(18(27)16(14)25)9-2-4-10(22)5-3-9/h2-8,15,17,20-24,26-28H,1H3. The van der Waals surface area contributed by atoms with Crippen LogP contribution in [0, 0.1) is 0 Å². The molecule has 0 radical (unpaired) electrons. The maximum atomic E-state index is 12.6. The number of hydrogen-bond acceptors (Lipinski definition) is 10. The molecular formula is C21H20O10. The number of aliphatic hydroxyl groups is 3. The Morgan fingerprint density at radius 3 is 2.32 bits per heavy atom. The zero-order valence-corrected chi connectivity index (χ0v) is 16.2. The maximum absolute atomic E-state index is 12.6. The maximum Gasteiger partial charge on any atom is 0.238 e. The summed E-state index contributed by atoms with van der Waals surface area (Å²) in [5.74, 6) is -1.61. The Labute approximate surface area is 174 Å². The number of phenolic OH excluding ortho intramolecular Hbond substituents is 2. The van der Waals surface area contributed by atoms with Gasteiger partial charge >= 0.3 is 0 Å². The molecule has 1 aliphatic rings. The lowest BCUT2D eigenvalue weighted by molar-refractivity contribution is -0.271. The average Bonchev–Trinajstić information content (AvgIpc) is 2.72. The van der Waals surface area contributed by atoms with E-state index in [0.717, 1.165) is 6.07 Å². The summed E-state index contributed by atoms with van der Waals surface area (Å²) in [5.41, 5.74) is -0.738. The predicted molar refractivity (Wildman–Crippen MR) is 106 cm³/mol. The number of hydrogen-bond donors (Lipinski definition) is 6. The summed E-state index contributed by atoms with van der Waals surface area (Å²) in [6.07, 6.45) is -6.59. The van der Waals surface area contributed by atoms with Gasteiger partial charge in [0.1, 0.15) is 40.4 Å². The van der Waals surface area contributed by atoms with E-state index in [1.165, 1.54) is 37.3 Å². The summed E-state index contributed by atoms with van der Waals surface area (Å²) in [5, 5.41) is 60.0. The number of benzene rings is 2. The molecule has 10 nitrogen and oxygen atoms in total. The highest BCUT2D eigenvalue weighted by molar-refractivity contribution is 5.88. The Kier molecular flexibility index (Phi) is 5.23. The van der Waals surface area contributed by atoms with Gasteiger partial charge < -0.3 is 44.5 Å². The molecule has 31 heavy (non-hydrogen) atoms. The van der Waals surface area contributed by atoms with Gasteiger partial charge in [0.15, 0.2) is 18.2 Å². The summed E-state index contributed by atoms with van der Waals surface area (Å²) in [6, 6.07) is 7.80. The van der Waals surface area contributed by atoms with Crippen LogP contribution in [0.3, 0.4) is 0 Å². The number of phenols is 2. The SMILES string of the molecule is CC1OC(O)C(Oc2cc(O)c3c(=O)c(O)c(-c4ccc(O)cc4)oc3c2)C(O)C1O. The van der Waals surface area contributed by atoms with Crippen molar-refractivity contribution < 1.29 is 44.5 Å². The van der Waals surface area contributed by atoms with Crippen LogP contribution >= 0.6 is 0 Å². The zero-order chi connectivity index (χ0) is 22.4. The van der Waals surface area contributed by atoms with Crippen molar-refractivity contribution in [2.75, 3.05) is 0 Å². The van der Waals surface area contributed by atoms with Crippen LogP contribution in [0.5, 0.6) is 23.0 Å². The van der Waals surface area contributed by atoms with Crippen molar-refractivity contribution in [3.05, 3.63) is 46.6 Å². The lowest BCUT2D eigenvalue weighted by Crippen LogP contribution is -2.58. The van der Waals surface area contributed by atoms with Crippen molar-refractivity contribution in [1.29, 1.82) is 0 Å². The van der Waals surface area contributed by atoms with E-state index < -0.39 is 47.6 Å². The number of fused-ring (bicyclic) bond motifs is 1. The van der Waals surface area contributed by atoms with Gasteiger partial charge in [-0.25, -0.2) is 0 Å². The van der Waals surface area contributed by atoms with Crippen LogP contribution in [-0.2, 0) is 4.74 Å². The van der Waals surface area contributed by atoms with Crippen LogP contribution in [0.4, 0.5) is 0 Å².